The highest BCUT2D eigenvalue weighted by Crippen LogP contribution is 2.25. The van der Waals surface area contributed by atoms with Crippen LogP contribution in [0, 0.1) is 5.92 Å². The second-order valence-electron chi connectivity index (χ2n) is 10.0. The molecule has 34 heavy (non-hydrogen) atoms. The Morgan fingerprint density at radius 2 is 2.12 bits per heavy atom. The van der Waals surface area contributed by atoms with Crippen LogP contribution in [0.4, 0.5) is 5.82 Å². The van der Waals surface area contributed by atoms with Crippen LogP contribution in [0.15, 0.2) is 36.7 Å². The van der Waals surface area contributed by atoms with E-state index in [0.29, 0.717) is 18.9 Å². The maximum atomic E-state index is 12.8. The number of carbonyl (C=O) groups excluding carboxylic acids is 1. The second-order valence-corrected chi connectivity index (χ2v) is 10.0. The summed E-state index contributed by atoms with van der Waals surface area (Å²) < 4.78 is 0. The van der Waals surface area contributed by atoms with Gasteiger partial charge >= 0.3 is 5.97 Å². The van der Waals surface area contributed by atoms with Crippen LogP contribution in [-0.2, 0) is 27.8 Å². The molecule has 2 aromatic rings. The number of carboxylic acid groups (broad SMARTS) is 1. The Kier molecular flexibility index (Phi) is 7.46. The number of likely N-dealkylation sites (tertiary alicyclic amines) is 1. The van der Waals surface area contributed by atoms with Crippen LogP contribution in [0.5, 0.6) is 0 Å². The van der Waals surface area contributed by atoms with Crippen molar-refractivity contribution in [1.82, 2.24) is 20.2 Å². The summed E-state index contributed by atoms with van der Waals surface area (Å²) in [5, 5.41) is 15.8. The molecule has 2 aromatic heterocycles. The van der Waals surface area contributed by atoms with Gasteiger partial charge in [0.1, 0.15) is 11.9 Å². The number of aliphatic carboxylic acids is 1. The lowest BCUT2D eigenvalue weighted by Crippen LogP contribution is -2.52. The molecule has 0 spiro atoms. The largest absolute Gasteiger partial charge is 0.480 e. The van der Waals surface area contributed by atoms with Gasteiger partial charge in [-0.05, 0) is 75.1 Å². The minimum Gasteiger partial charge on any atom is -0.480 e. The molecule has 2 aliphatic rings. The molecule has 8 nitrogen and oxygen atoms in total. The molecular formula is C26H35N5O3. The first-order valence-electron chi connectivity index (χ1n) is 12.2. The molecule has 0 aromatic carbocycles. The monoisotopic (exact) mass is 465 g/mol. The smallest absolute Gasteiger partial charge is 0.326 e. The summed E-state index contributed by atoms with van der Waals surface area (Å²) >= 11 is 0. The van der Waals surface area contributed by atoms with Crippen molar-refractivity contribution < 1.29 is 14.7 Å². The zero-order valence-corrected chi connectivity index (χ0v) is 20.1. The standard InChI is InChI=1S/C26H35N5O3/c1-26(2,20-6-4-12-27-15-20)25(34)30-22(24(32)33)11-14-31-16-18(17-31)7-9-21-10-8-19-5-3-13-28-23(19)29-21/h4,6,8,10,12,15,18,22H,3,5,7,9,11,13-14,16-17H2,1-2H3,(H,28,29)(H,30,34)(H,32,33)/t22-/m0/s1. The molecule has 2 aliphatic heterocycles. The fraction of sp³-hybridized carbons (Fsp3) is 0.538. The van der Waals surface area contributed by atoms with Gasteiger partial charge in [0.15, 0.2) is 0 Å². The van der Waals surface area contributed by atoms with Crippen LogP contribution in [0.1, 0.15) is 49.9 Å². The fourth-order valence-corrected chi connectivity index (χ4v) is 4.67. The molecule has 0 saturated carbocycles. The number of rotatable bonds is 10. The zero-order chi connectivity index (χ0) is 24.1. The van der Waals surface area contributed by atoms with Gasteiger partial charge in [-0.2, -0.15) is 0 Å². The first-order chi connectivity index (χ1) is 16.3. The summed E-state index contributed by atoms with van der Waals surface area (Å²) in [6, 6.07) is 7.05. The van der Waals surface area contributed by atoms with Crippen LogP contribution in [-0.4, -0.2) is 64.1 Å². The molecule has 4 rings (SSSR count). The van der Waals surface area contributed by atoms with E-state index >= 15 is 0 Å². The molecule has 0 aliphatic carbocycles. The normalized spacial score (nSPS) is 17.2. The molecule has 1 fully saturated rings. The molecule has 1 amide bonds. The third-order valence-corrected chi connectivity index (χ3v) is 7.08. The van der Waals surface area contributed by atoms with Crippen LogP contribution >= 0.6 is 0 Å². The van der Waals surface area contributed by atoms with E-state index in [1.807, 2.05) is 6.07 Å². The Morgan fingerprint density at radius 1 is 1.29 bits per heavy atom. The van der Waals surface area contributed by atoms with Crippen molar-refractivity contribution in [3.05, 3.63) is 53.5 Å². The predicted molar refractivity (Wildman–Crippen MR) is 131 cm³/mol. The number of anilines is 1. The third kappa shape index (κ3) is 5.73. The highest BCUT2D eigenvalue weighted by molar-refractivity contribution is 5.90. The average Bonchev–Trinajstić information content (AvgIpc) is 2.82. The topological polar surface area (TPSA) is 107 Å². The van der Waals surface area contributed by atoms with Gasteiger partial charge in [-0.15, -0.1) is 0 Å². The number of nitrogens with one attached hydrogen (secondary N) is 2. The van der Waals surface area contributed by atoms with Crippen molar-refractivity contribution in [2.45, 2.75) is 57.4 Å². The molecule has 3 N–H and O–H groups in total. The number of amides is 1. The number of nitrogens with zero attached hydrogens (tertiary/aromatic N) is 3. The van der Waals surface area contributed by atoms with Gasteiger partial charge in [0, 0.05) is 44.3 Å². The van der Waals surface area contributed by atoms with Crippen molar-refractivity contribution in [3.63, 3.8) is 0 Å². The molecule has 8 heteroatoms. The van der Waals surface area contributed by atoms with Crippen LogP contribution in [0.2, 0.25) is 0 Å². The highest BCUT2D eigenvalue weighted by atomic mass is 16.4. The lowest BCUT2D eigenvalue weighted by molar-refractivity contribution is -0.143. The summed E-state index contributed by atoms with van der Waals surface area (Å²) in [6.45, 7) is 7.15. The SMILES string of the molecule is CC(C)(C(=O)N[C@@H](CCN1CC(CCc2ccc3c(n2)NCCC3)C1)C(=O)O)c1cccnc1. The van der Waals surface area contributed by atoms with Gasteiger partial charge < -0.3 is 20.6 Å². The van der Waals surface area contributed by atoms with E-state index in [1.54, 1.807) is 32.3 Å². The Hall–Kier alpha value is -3.00. The van der Waals surface area contributed by atoms with E-state index in [0.717, 1.165) is 56.0 Å². The first-order valence-corrected chi connectivity index (χ1v) is 12.2. The van der Waals surface area contributed by atoms with Crippen LogP contribution < -0.4 is 10.6 Å². The maximum Gasteiger partial charge on any atom is 0.326 e. The number of carbonyl (C=O) groups is 2. The van der Waals surface area contributed by atoms with Gasteiger partial charge in [-0.1, -0.05) is 12.1 Å². The minimum absolute atomic E-state index is 0.304. The quantitative estimate of drug-likeness (QED) is 0.495. The van der Waals surface area contributed by atoms with Gasteiger partial charge in [0.25, 0.3) is 0 Å². The number of pyridine rings is 2. The molecular weight excluding hydrogens is 430 g/mol. The molecule has 1 atom stereocenters. The van der Waals surface area contributed by atoms with Crippen molar-refractivity contribution in [2.75, 3.05) is 31.5 Å². The summed E-state index contributed by atoms with van der Waals surface area (Å²) in [6.07, 6.45) is 8.00. The number of hydrogen-bond donors (Lipinski definition) is 3. The highest BCUT2D eigenvalue weighted by Gasteiger charge is 2.34. The van der Waals surface area contributed by atoms with Crippen molar-refractivity contribution in [3.8, 4) is 0 Å². The summed E-state index contributed by atoms with van der Waals surface area (Å²) in [7, 11) is 0. The van der Waals surface area contributed by atoms with Crippen LogP contribution in [0.25, 0.3) is 0 Å². The Morgan fingerprint density at radius 3 is 2.85 bits per heavy atom. The fourth-order valence-electron chi connectivity index (χ4n) is 4.67. The molecule has 182 valence electrons. The molecule has 4 heterocycles. The molecule has 1 saturated heterocycles. The number of aromatic nitrogens is 2. The minimum atomic E-state index is -1.00. The van der Waals surface area contributed by atoms with Gasteiger partial charge in [-0.3, -0.25) is 9.78 Å². The predicted octanol–water partition coefficient (Wildman–Crippen LogP) is 2.64. The van der Waals surface area contributed by atoms with Crippen molar-refractivity contribution in [1.29, 1.82) is 0 Å². The molecule has 0 radical (unpaired) electrons. The summed E-state index contributed by atoms with van der Waals surface area (Å²) in [5.74, 6) is 0.349. The second kappa shape index (κ2) is 10.5. The van der Waals surface area contributed by atoms with Crippen LogP contribution in [0.3, 0.4) is 0 Å². The number of carboxylic acids is 1. The van der Waals surface area contributed by atoms with E-state index in [9.17, 15) is 14.7 Å². The van der Waals surface area contributed by atoms with E-state index in [-0.39, 0.29) is 5.91 Å². The Bertz CT molecular complexity index is 1000. The lowest BCUT2D eigenvalue weighted by atomic mass is 9.84. The number of hydrogen-bond acceptors (Lipinski definition) is 6. The third-order valence-electron chi connectivity index (χ3n) is 7.08. The average molecular weight is 466 g/mol. The Balaban J connectivity index is 1.20. The summed E-state index contributed by atoms with van der Waals surface area (Å²) in [5.41, 5.74) is 2.35. The summed E-state index contributed by atoms with van der Waals surface area (Å²) in [4.78, 5) is 35.7. The van der Waals surface area contributed by atoms with E-state index in [4.69, 9.17) is 4.98 Å². The van der Waals surface area contributed by atoms with Gasteiger partial charge in [-0.25, -0.2) is 9.78 Å². The lowest BCUT2D eigenvalue weighted by Gasteiger charge is -2.40. The van der Waals surface area contributed by atoms with E-state index in [1.165, 1.54) is 12.0 Å². The van der Waals surface area contributed by atoms with Gasteiger partial charge in [0.05, 0.1) is 5.41 Å². The van der Waals surface area contributed by atoms with Crippen molar-refractivity contribution >= 4 is 17.7 Å². The zero-order valence-electron chi connectivity index (χ0n) is 20.1. The number of aryl methyl sites for hydroxylation is 2. The molecule has 0 unspecified atom stereocenters. The van der Waals surface area contributed by atoms with E-state index in [2.05, 4.69) is 32.7 Å². The maximum absolute atomic E-state index is 12.8. The Labute approximate surface area is 201 Å². The van der Waals surface area contributed by atoms with E-state index < -0.39 is 17.4 Å². The van der Waals surface area contributed by atoms with Gasteiger partial charge in [0.2, 0.25) is 5.91 Å². The number of fused-ring (bicyclic) bond motifs is 1. The molecule has 0 bridgehead atoms. The van der Waals surface area contributed by atoms with Crippen molar-refractivity contribution in [2.24, 2.45) is 5.92 Å². The first kappa shape index (κ1) is 24.1.